The number of nitrogens with zero attached hydrogens (tertiary/aromatic N) is 2. The van der Waals surface area contributed by atoms with Crippen LogP contribution >= 0.6 is 0 Å². The molecule has 5 atom stereocenters. The second-order valence-corrected chi connectivity index (χ2v) is 23.0. The topological polar surface area (TPSA) is 148 Å². The minimum Gasteiger partial charge on any atom is -0.424 e. The number of piperidine rings is 1. The summed E-state index contributed by atoms with van der Waals surface area (Å²) < 4.78 is 0. The fourth-order valence-electron chi connectivity index (χ4n) is 9.78. The molecule has 64 heavy (non-hydrogen) atoms. The van der Waals surface area contributed by atoms with E-state index < -0.39 is 42.9 Å². The van der Waals surface area contributed by atoms with Crippen molar-refractivity contribution in [3.63, 3.8) is 0 Å². The molecular weight excluding hydrogens is 819 g/mol. The normalized spacial score (nSPS) is 23.1. The largest absolute Gasteiger partial charge is 0.424 e. The Balaban J connectivity index is 1.10. The molecule has 6 rings (SSSR count). The number of allylic oxidation sites excluding steroid dienone is 2. The molecule has 0 aliphatic carbocycles. The maximum absolute atomic E-state index is 14.2. The molecule has 3 aromatic carbocycles. The van der Waals surface area contributed by atoms with Gasteiger partial charge in [-0.15, -0.1) is 0 Å². The first-order valence-electron chi connectivity index (χ1n) is 23.4. The van der Waals surface area contributed by atoms with Crippen LogP contribution in [0.5, 0.6) is 0 Å². The SMILES string of the molecule is C=C1[C@H](Cc2ccc(C(=O)N3CCCCC3)cc2)NC(=O)[C@](C)(CC)NC(=O)[C@H](CCC/C=C/C(=O)[C@@H](C)CC(C)(C)[Si](O)(c2ccccc2)c2ccccc2)NC(=O)[C@H]2CCCN12. The molecule has 0 radical (unpaired) electrons. The number of fused-ring (bicyclic) bond motifs is 1. The van der Waals surface area contributed by atoms with Crippen molar-refractivity contribution in [3.8, 4) is 0 Å². The van der Waals surface area contributed by atoms with Gasteiger partial charge in [0.25, 0.3) is 14.2 Å². The molecule has 4 N–H and O–H groups in total. The molecule has 3 aliphatic heterocycles. The van der Waals surface area contributed by atoms with Gasteiger partial charge in [0, 0.05) is 36.8 Å². The van der Waals surface area contributed by atoms with Crippen LogP contribution in [0.2, 0.25) is 5.04 Å². The Labute approximate surface area is 381 Å². The lowest BCUT2D eigenvalue weighted by atomic mass is 9.93. The number of likely N-dealkylation sites (tertiary alicyclic amines) is 1. The summed E-state index contributed by atoms with van der Waals surface area (Å²) in [6.07, 6.45) is 10.4. The van der Waals surface area contributed by atoms with Crippen LogP contribution in [-0.2, 0) is 25.6 Å². The molecule has 3 aromatic rings. The Morgan fingerprint density at radius 3 is 2.11 bits per heavy atom. The van der Waals surface area contributed by atoms with Gasteiger partial charge in [0.05, 0.1) is 6.04 Å². The fourth-order valence-corrected chi connectivity index (χ4v) is 13.6. The Morgan fingerprint density at radius 1 is 0.875 bits per heavy atom. The molecule has 3 heterocycles. The summed E-state index contributed by atoms with van der Waals surface area (Å²) in [4.78, 5) is 85.4. The minimum absolute atomic E-state index is 0.0283. The lowest BCUT2D eigenvalue weighted by molar-refractivity contribution is -0.136. The van der Waals surface area contributed by atoms with Crippen LogP contribution in [-0.4, -0.2) is 95.6 Å². The van der Waals surface area contributed by atoms with Gasteiger partial charge in [0.15, 0.2) is 5.78 Å². The monoisotopic (exact) mass is 888 g/mol. The van der Waals surface area contributed by atoms with Crippen LogP contribution < -0.4 is 26.3 Å². The number of unbranched alkanes of at least 4 members (excludes halogenated alkanes) is 1. The molecule has 3 saturated heterocycles. The van der Waals surface area contributed by atoms with Gasteiger partial charge >= 0.3 is 0 Å². The highest BCUT2D eigenvalue weighted by Gasteiger charge is 2.50. The molecular formula is C52H69N5O6Si. The van der Waals surface area contributed by atoms with E-state index >= 15 is 0 Å². The zero-order valence-corrected chi connectivity index (χ0v) is 39.5. The van der Waals surface area contributed by atoms with Crippen LogP contribution in [0, 0.1) is 5.92 Å². The summed E-state index contributed by atoms with van der Waals surface area (Å²) >= 11 is 0. The first kappa shape index (κ1) is 48.1. The van der Waals surface area contributed by atoms with Crippen LogP contribution in [0.4, 0.5) is 0 Å². The average molecular weight is 888 g/mol. The molecule has 0 unspecified atom stereocenters. The summed E-state index contributed by atoms with van der Waals surface area (Å²) in [5.41, 5.74) is 0.887. The molecule has 0 saturated carbocycles. The van der Waals surface area contributed by atoms with Crippen molar-refractivity contribution in [3.05, 3.63) is 120 Å². The van der Waals surface area contributed by atoms with Gasteiger partial charge < -0.3 is 30.5 Å². The molecule has 11 nitrogen and oxygen atoms in total. The maximum Gasteiger partial charge on any atom is 0.258 e. The number of benzene rings is 3. The molecule has 0 aromatic heterocycles. The predicted molar refractivity (Wildman–Crippen MR) is 255 cm³/mol. The highest BCUT2D eigenvalue weighted by atomic mass is 28.4. The van der Waals surface area contributed by atoms with Gasteiger partial charge in [-0.05, 0) is 117 Å². The lowest BCUT2D eigenvalue weighted by Crippen LogP contribution is -2.65. The smallest absolute Gasteiger partial charge is 0.258 e. The van der Waals surface area contributed by atoms with Crippen molar-refractivity contribution >= 4 is 48.1 Å². The molecule has 3 fully saturated rings. The van der Waals surface area contributed by atoms with E-state index in [0.29, 0.717) is 62.8 Å². The molecule has 342 valence electrons. The van der Waals surface area contributed by atoms with Crippen LogP contribution in [0.25, 0.3) is 0 Å². The average Bonchev–Trinajstić information content (AvgIpc) is 3.81. The number of amides is 4. The van der Waals surface area contributed by atoms with Crippen molar-refractivity contribution in [2.24, 2.45) is 5.92 Å². The zero-order chi connectivity index (χ0) is 46.1. The Morgan fingerprint density at radius 2 is 1.50 bits per heavy atom. The van der Waals surface area contributed by atoms with Crippen molar-refractivity contribution < 1.29 is 28.8 Å². The number of rotatable bonds is 15. The van der Waals surface area contributed by atoms with E-state index in [1.165, 1.54) is 0 Å². The van der Waals surface area contributed by atoms with E-state index in [0.717, 1.165) is 54.7 Å². The number of hydrogen-bond donors (Lipinski definition) is 4. The summed E-state index contributed by atoms with van der Waals surface area (Å²) in [5, 5.41) is 10.4. The number of carbonyl (C=O) groups is 5. The van der Waals surface area contributed by atoms with E-state index in [1.54, 1.807) is 13.0 Å². The summed E-state index contributed by atoms with van der Waals surface area (Å²) in [6, 6.07) is 25.1. The first-order valence-corrected chi connectivity index (χ1v) is 25.3. The summed E-state index contributed by atoms with van der Waals surface area (Å²) in [6.45, 7) is 16.1. The van der Waals surface area contributed by atoms with Gasteiger partial charge in [-0.2, -0.15) is 0 Å². The highest BCUT2D eigenvalue weighted by molar-refractivity contribution is 6.98. The van der Waals surface area contributed by atoms with Gasteiger partial charge in [-0.1, -0.05) is 113 Å². The van der Waals surface area contributed by atoms with E-state index in [9.17, 15) is 28.8 Å². The quantitative estimate of drug-likeness (QED) is 0.0838. The van der Waals surface area contributed by atoms with Gasteiger partial charge in [0.1, 0.15) is 17.6 Å². The fraction of sp³-hybridized carbons (Fsp3) is 0.481. The van der Waals surface area contributed by atoms with Gasteiger partial charge in [0.2, 0.25) is 17.7 Å². The maximum atomic E-state index is 14.2. The molecule has 12 heteroatoms. The van der Waals surface area contributed by atoms with Crippen molar-refractivity contribution in [2.75, 3.05) is 19.6 Å². The van der Waals surface area contributed by atoms with E-state index in [4.69, 9.17) is 0 Å². The van der Waals surface area contributed by atoms with Crippen molar-refractivity contribution in [1.29, 1.82) is 0 Å². The molecule has 3 aliphatic rings. The molecule has 4 amide bonds. The van der Waals surface area contributed by atoms with E-state index in [-0.39, 0.29) is 29.4 Å². The second-order valence-electron chi connectivity index (χ2n) is 19.0. The number of ketones is 1. The lowest BCUT2D eigenvalue weighted by Gasteiger charge is -2.42. The Kier molecular flexibility index (Phi) is 15.9. The van der Waals surface area contributed by atoms with Gasteiger partial charge in [-0.25, -0.2) is 0 Å². The van der Waals surface area contributed by atoms with Crippen LogP contribution in [0.1, 0.15) is 115 Å². The van der Waals surface area contributed by atoms with E-state index in [1.807, 2.05) is 115 Å². The highest BCUT2D eigenvalue weighted by Crippen LogP contribution is 2.41. The predicted octanol–water partition coefficient (Wildman–Crippen LogP) is 5.96. The van der Waals surface area contributed by atoms with Crippen molar-refractivity contribution in [2.45, 2.75) is 134 Å². The minimum atomic E-state index is -3.28. The molecule has 0 bridgehead atoms. The van der Waals surface area contributed by atoms with Crippen LogP contribution in [0.15, 0.2) is 109 Å². The summed E-state index contributed by atoms with van der Waals surface area (Å²) in [5.74, 6) is -1.41. The number of carbonyl (C=O) groups excluding carboxylic acids is 5. The van der Waals surface area contributed by atoms with Gasteiger partial charge in [-0.3, -0.25) is 24.0 Å². The second kappa shape index (κ2) is 21.1. The van der Waals surface area contributed by atoms with Crippen molar-refractivity contribution in [1.82, 2.24) is 25.8 Å². The van der Waals surface area contributed by atoms with Crippen LogP contribution in [0.3, 0.4) is 0 Å². The Bertz CT molecular complexity index is 2120. The Hall–Kier alpha value is -5.33. The zero-order valence-electron chi connectivity index (χ0n) is 38.5. The third-order valence-corrected chi connectivity index (χ3v) is 18.5. The standard InChI is InChI=1S/C52H69N5O6Si/c1-7-52(6)50(62)54-44(35-39-28-30-40(31-29-39)49(61)56-32-18-11-19-33-56)38(3)57-34-20-26-45(57)48(60)53-43(47(59)55-52)25-16-10-17-27-46(58)37(2)36-51(4,5)64(63,41-21-12-8-13-22-41)42-23-14-9-15-24-42/h8-9,12-15,17,21-24,27-31,37,43-45,63H,3,7,10-11,16,18-20,25-26,32-36H2,1-2,4-6H3,(H,53,60)(H,54,62)(H,55,59)/b27-17+/t37-,43-,44-,45+,52-/m0/s1. The number of nitrogens with one attached hydrogen (secondary N) is 3. The van der Waals surface area contributed by atoms with E-state index in [2.05, 4.69) is 36.4 Å². The number of hydrogen-bond acceptors (Lipinski definition) is 7. The first-order chi connectivity index (χ1) is 30.6. The third kappa shape index (κ3) is 10.9. The molecule has 0 spiro atoms. The summed E-state index contributed by atoms with van der Waals surface area (Å²) in [7, 11) is -3.28. The third-order valence-electron chi connectivity index (χ3n) is 14.0.